The number of sulfonamides is 1. The summed E-state index contributed by atoms with van der Waals surface area (Å²) in [5, 5.41) is 0.536. The molecule has 37 heavy (non-hydrogen) atoms. The fourth-order valence-electron chi connectivity index (χ4n) is 4.22. The highest BCUT2D eigenvalue weighted by molar-refractivity contribution is 7.89. The summed E-state index contributed by atoms with van der Waals surface area (Å²) in [7, 11) is -2.22. The molecule has 1 atom stereocenters. The van der Waals surface area contributed by atoms with Gasteiger partial charge in [-0.15, -0.1) is 0 Å². The van der Waals surface area contributed by atoms with E-state index < -0.39 is 21.9 Å². The summed E-state index contributed by atoms with van der Waals surface area (Å²) in [5.41, 5.74) is 1.79. The van der Waals surface area contributed by atoms with E-state index in [0.717, 1.165) is 28.6 Å². The fourth-order valence-corrected chi connectivity index (χ4v) is 6.90. The van der Waals surface area contributed by atoms with Gasteiger partial charge in [0.25, 0.3) is 5.91 Å². The number of fused-ring (bicyclic) bond motifs is 1. The lowest BCUT2D eigenvalue weighted by atomic mass is 10.2. The molecule has 198 valence electrons. The van der Waals surface area contributed by atoms with Crippen LogP contribution in [0.25, 0.3) is 10.2 Å². The van der Waals surface area contributed by atoms with E-state index in [9.17, 15) is 18.0 Å². The fraction of sp³-hybridized carbons (Fsp3) is 0.400. The van der Waals surface area contributed by atoms with Crippen molar-refractivity contribution < 1.29 is 27.5 Å². The van der Waals surface area contributed by atoms with Crippen LogP contribution < -0.4 is 4.80 Å². The molecule has 0 spiro atoms. The van der Waals surface area contributed by atoms with Crippen molar-refractivity contribution in [2.45, 2.75) is 44.2 Å². The Morgan fingerprint density at radius 1 is 1.27 bits per heavy atom. The number of rotatable bonds is 8. The molecule has 3 aromatic rings. The van der Waals surface area contributed by atoms with Gasteiger partial charge in [0, 0.05) is 30.8 Å². The maximum Gasteiger partial charge on any atom is 0.326 e. The average Bonchev–Trinajstić information content (AvgIpc) is 3.47. The molecular weight excluding hydrogens is 538 g/mol. The maximum atomic E-state index is 13.0. The van der Waals surface area contributed by atoms with Crippen molar-refractivity contribution in [3.8, 4) is 0 Å². The molecule has 9 nitrogen and oxygen atoms in total. The first-order valence-electron chi connectivity index (χ1n) is 11.8. The lowest BCUT2D eigenvalue weighted by Gasteiger charge is -2.20. The molecule has 2 aromatic carbocycles. The van der Waals surface area contributed by atoms with Crippen LogP contribution >= 0.6 is 22.9 Å². The molecule has 1 fully saturated rings. The third kappa shape index (κ3) is 6.12. The Hall–Kier alpha value is -2.57. The van der Waals surface area contributed by atoms with Gasteiger partial charge in [-0.2, -0.15) is 9.30 Å². The van der Waals surface area contributed by atoms with Crippen molar-refractivity contribution in [2.24, 2.45) is 4.99 Å². The molecule has 0 radical (unpaired) electrons. The number of amides is 1. The molecule has 0 N–H and O–H groups in total. The van der Waals surface area contributed by atoms with Gasteiger partial charge in [-0.05, 0) is 68.7 Å². The summed E-state index contributed by atoms with van der Waals surface area (Å²) in [6.07, 6.45) is 1.64. The lowest BCUT2D eigenvalue weighted by molar-refractivity contribution is -0.143. The van der Waals surface area contributed by atoms with Crippen LogP contribution in [-0.4, -0.2) is 62.1 Å². The summed E-state index contributed by atoms with van der Waals surface area (Å²) in [5.74, 6) is -1.02. The highest BCUT2D eigenvalue weighted by atomic mass is 35.5. The van der Waals surface area contributed by atoms with E-state index in [2.05, 4.69) is 4.99 Å². The highest BCUT2D eigenvalue weighted by Gasteiger charge is 2.26. The normalized spacial score (nSPS) is 16.6. The van der Waals surface area contributed by atoms with Gasteiger partial charge < -0.3 is 14.0 Å². The Bertz CT molecular complexity index is 1490. The van der Waals surface area contributed by atoms with Crippen molar-refractivity contribution in [3.05, 3.63) is 57.3 Å². The number of likely N-dealkylation sites (N-methyl/N-ethyl adjacent to an activating group) is 1. The molecule has 0 saturated carbocycles. The van der Waals surface area contributed by atoms with E-state index in [1.165, 1.54) is 47.0 Å². The van der Waals surface area contributed by atoms with Gasteiger partial charge in [-0.1, -0.05) is 22.9 Å². The van der Waals surface area contributed by atoms with Crippen LogP contribution in [0.4, 0.5) is 0 Å². The van der Waals surface area contributed by atoms with Crippen LogP contribution in [-0.2, 0) is 30.8 Å². The molecular formula is C25H28ClN3O6S2. The number of carbonyl (C=O) groups excluding carboxylic acids is 2. The Morgan fingerprint density at radius 3 is 2.65 bits per heavy atom. The molecule has 0 bridgehead atoms. The summed E-state index contributed by atoms with van der Waals surface area (Å²) in [6.45, 7) is 4.62. The third-order valence-corrected chi connectivity index (χ3v) is 9.10. The van der Waals surface area contributed by atoms with Crippen LogP contribution in [0.1, 0.15) is 35.7 Å². The van der Waals surface area contributed by atoms with Gasteiger partial charge >= 0.3 is 5.97 Å². The second-order valence-corrected chi connectivity index (χ2v) is 12.2. The number of hydrogen-bond acceptors (Lipinski definition) is 7. The van der Waals surface area contributed by atoms with Crippen molar-refractivity contribution in [1.82, 2.24) is 8.87 Å². The van der Waals surface area contributed by atoms with Gasteiger partial charge in [0.15, 0.2) is 4.80 Å². The number of benzene rings is 2. The molecule has 1 aliphatic rings. The van der Waals surface area contributed by atoms with Gasteiger partial charge in [0.1, 0.15) is 6.54 Å². The SMILES string of the molecule is CCOC(=O)Cn1c(=NC(=O)c2ccc(S(=O)(=O)N(C)CC3CCCO3)cc2)sc2cc(Cl)cc(C)c21. The van der Waals surface area contributed by atoms with Gasteiger partial charge in [-0.3, -0.25) is 9.59 Å². The first-order valence-corrected chi connectivity index (χ1v) is 14.5. The Kier molecular flexibility index (Phi) is 8.49. The number of nitrogens with zero attached hydrogens (tertiary/aromatic N) is 3. The van der Waals surface area contributed by atoms with Gasteiger partial charge in [0.2, 0.25) is 10.0 Å². The lowest BCUT2D eigenvalue weighted by Crippen LogP contribution is -2.34. The number of aryl methyl sites for hydroxylation is 1. The molecule has 4 rings (SSSR count). The second-order valence-electron chi connectivity index (χ2n) is 8.71. The minimum absolute atomic E-state index is 0.0778. The Labute approximate surface area is 224 Å². The van der Waals surface area contributed by atoms with Crippen LogP contribution in [0.15, 0.2) is 46.3 Å². The number of esters is 1. The molecule has 2 heterocycles. The largest absolute Gasteiger partial charge is 0.465 e. The first-order chi connectivity index (χ1) is 17.6. The number of ether oxygens (including phenoxy) is 2. The number of aromatic nitrogens is 1. The Morgan fingerprint density at radius 2 is 2.00 bits per heavy atom. The first kappa shape index (κ1) is 27.5. The summed E-state index contributed by atoms with van der Waals surface area (Å²) < 4.78 is 40.2. The van der Waals surface area contributed by atoms with Gasteiger partial charge in [-0.25, -0.2) is 8.42 Å². The zero-order chi connectivity index (χ0) is 26.7. The summed E-state index contributed by atoms with van der Waals surface area (Å²) in [6, 6.07) is 9.19. The standard InChI is InChI=1S/C25H28ClN3O6S2/c1-4-34-22(30)15-29-23-16(2)12-18(26)13-21(23)36-25(29)27-24(31)17-7-9-20(10-8-17)37(32,33)28(3)14-19-6-5-11-35-19/h7-10,12-13,19H,4-6,11,14-15H2,1-3H3. The van der Waals surface area contributed by atoms with E-state index in [0.29, 0.717) is 16.4 Å². The van der Waals surface area contributed by atoms with Crippen LogP contribution in [0, 0.1) is 6.92 Å². The molecule has 1 aromatic heterocycles. The summed E-state index contributed by atoms with van der Waals surface area (Å²) >= 11 is 7.44. The number of carbonyl (C=O) groups is 2. The predicted molar refractivity (Wildman–Crippen MR) is 141 cm³/mol. The van der Waals surface area contributed by atoms with Crippen LogP contribution in [0.2, 0.25) is 5.02 Å². The van der Waals surface area contributed by atoms with Crippen LogP contribution in [0.5, 0.6) is 0 Å². The molecule has 1 unspecified atom stereocenters. The molecule has 1 amide bonds. The third-order valence-electron chi connectivity index (χ3n) is 6.02. The van der Waals surface area contributed by atoms with E-state index in [-0.39, 0.29) is 36.3 Å². The zero-order valence-electron chi connectivity index (χ0n) is 20.8. The summed E-state index contributed by atoms with van der Waals surface area (Å²) in [4.78, 5) is 30.0. The molecule has 1 aliphatic heterocycles. The van der Waals surface area contributed by atoms with E-state index in [1.54, 1.807) is 23.6 Å². The minimum atomic E-state index is -3.73. The monoisotopic (exact) mass is 565 g/mol. The van der Waals surface area contributed by atoms with Gasteiger partial charge in [0.05, 0.1) is 27.8 Å². The maximum absolute atomic E-state index is 13.0. The molecule has 12 heteroatoms. The predicted octanol–water partition coefficient (Wildman–Crippen LogP) is 3.77. The van der Waals surface area contributed by atoms with Crippen molar-refractivity contribution in [3.63, 3.8) is 0 Å². The van der Waals surface area contributed by atoms with E-state index >= 15 is 0 Å². The minimum Gasteiger partial charge on any atom is -0.465 e. The molecule has 1 saturated heterocycles. The van der Waals surface area contributed by atoms with E-state index in [1.807, 2.05) is 6.92 Å². The highest BCUT2D eigenvalue weighted by Crippen LogP contribution is 2.26. The number of thiazole rings is 1. The van der Waals surface area contributed by atoms with Crippen molar-refractivity contribution in [2.75, 3.05) is 26.8 Å². The Balaban J connectivity index is 1.64. The van der Waals surface area contributed by atoms with Crippen molar-refractivity contribution in [1.29, 1.82) is 0 Å². The number of halogens is 1. The second kappa shape index (κ2) is 11.4. The van der Waals surface area contributed by atoms with Crippen molar-refractivity contribution >= 4 is 55.1 Å². The topological polar surface area (TPSA) is 107 Å². The quantitative estimate of drug-likeness (QED) is 0.385. The number of hydrogen-bond donors (Lipinski definition) is 0. The van der Waals surface area contributed by atoms with Crippen LogP contribution in [0.3, 0.4) is 0 Å². The smallest absolute Gasteiger partial charge is 0.326 e. The molecule has 0 aliphatic carbocycles. The average molecular weight is 566 g/mol. The van der Waals surface area contributed by atoms with E-state index in [4.69, 9.17) is 21.1 Å². The zero-order valence-corrected chi connectivity index (χ0v) is 23.2.